The average Bonchev–Trinajstić information content (AvgIpc) is 3.84. The van der Waals surface area contributed by atoms with Crippen LogP contribution < -0.4 is 10.6 Å². The Morgan fingerprint density at radius 2 is 0.897 bits per heavy atom. The van der Waals surface area contributed by atoms with Crippen LogP contribution in [0.25, 0.3) is 32.7 Å². The molecule has 10 nitrogen and oxygen atoms in total. The van der Waals surface area contributed by atoms with Crippen LogP contribution >= 0.6 is 0 Å². The normalized spacial score (nSPS) is 19.7. The van der Waals surface area contributed by atoms with Gasteiger partial charge in [0, 0.05) is 45.1 Å². The highest BCUT2D eigenvalue weighted by Gasteiger charge is 2.37. The number of benzene rings is 6. The molecule has 58 heavy (non-hydrogen) atoms. The Balaban J connectivity index is 1.33. The van der Waals surface area contributed by atoms with Gasteiger partial charge in [0.05, 0.1) is 24.3 Å². The average molecular weight is 785 g/mol. The highest BCUT2D eigenvalue weighted by atomic mass is 16.5. The van der Waals surface area contributed by atoms with E-state index < -0.39 is 24.0 Å². The summed E-state index contributed by atoms with van der Waals surface area (Å²) in [5.74, 6) is -2.21. The molecule has 0 spiro atoms. The van der Waals surface area contributed by atoms with E-state index in [1.807, 2.05) is 114 Å². The molecule has 10 heteroatoms. The minimum Gasteiger partial charge on any atom is -0.507 e. The highest BCUT2D eigenvalue weighted by molar-refractivity contribution is 6.08. The van der Waals surface area contributed by atoms with Gasteiger partial charge in [0.15, 0.2) is 23.0 Å². The third kappa shape index (κ3) is 6.63. The summed E-state index contributed by atoms with van der Waals surface area (Å²) in [4.78, 5) is 0. The molecule has 302 valence electrons. The second kappa shape index (κ2) is 15.3. The van der Waals surface area contributed by atoms with Crippen molar-refractivity contribution < 1.29 is 40.1 Å². The first kappa shape index (κ1) is 39.3. The third-order valence-corrected chi connectivity index (χ3v) is 11.9. The largest absolute Gasteiger partial charge is 0.507 e. The lowest BCUT2D eigenvalue weighted by Crippen LogP contribution is -2.28. The first-order valence-corrected chi connectivity index (χ1v) is 20.1. The zero-order valence-corrected chi connectivity index (χ0v) is 33.7. The fourth-order valence-corrected chi connectivity index (χ4v) is 9.29. The molecule has 0 radical (unpaired) electrons. The number of hydrogen-bond acceptors (Lipinski definition) is 10. The number of aryl methyl sites for hydroxylation is 2. The third-order valence-electron chi connectivity index (χ3n) is 11.9. The monoisotopic (exact) mass is 784 g/mol. The molecule has 2 aliphatic heterocycles. The number of nitrogens with one attached hydrogen (secondary N) is 2. The molecular formula is C48H52N2O8. The first-order valence-electron chi connectivity index (χ1n) is 20.1. The summed E-state index contributed by atoms with van der Waals surface area (Å²) in [6, 6.07) is 23.5. The summed E-state index contributed by atoms with van der Waals surface area (Å²) in [7, 11) is 0. The Hall–Kier alpha value is -5.52. The van der Waals surface area contributed by atoms with Gasteiger partial charge in [-0.2, -0.15) is 0 Å². The van der Waals surface area contributed by atoms with Gasteiger partial charge in [0.1, 0.15) is 24.0 Å². The highest BCUT2D eigenvalue weighted by Crippen LogP contribution is 2.56. The molecule has 8 rings (SSSR count). The van der Waals surface area contributed by atoms with Crippen LogP contribution in [0.3, 0.4) is 0 Å². The van der Waals surface area contributed by atoms with Crippen molar-refractivity contribution in [2.45, 2.75) is 90.8 Å². The summed E-state index contributed by atoms with van der Waals surface area (Å²) in [6.07, 6.45) is -0.402. The van der Waals surface area contributed by atoms with E-state index in [0.29, 0.717) is 70.2 Å². The number of rotatable bonds is 9. The zero-order chi connectivity index (χ0) is 41.2. The first-order chi connectivity index (χ1) is 27.8. The molecule has 2 aliphatic rings. The molecule has 6 aromatic rings. The second-order valence-electron chi connectivity index (χ2n) is 16.6. The Morgan fingerprint density at radius 3 is 1.24 bits per heavy atom. The number of phenolic OH excluding ortho intramolecular Hbond substituents is 6. The molecule has 3 unspecified atom stereocenters. The van der Waals surface area contributed by atoms with Crippen molar-refractivity contribution in [3.8, 4) is 45.6 Å². The zero-order valence-electron chi connectivity index (χ0n) is 33.7. The molecule has 6 aromatic carbocycles. The van der Waals surface area contributed by atoms with Gasteiger partial charge in [-0.25, -0.2) is 0 Å². The van der Waals surface area contributed by atoms with Gasteiger partial charge in [-0.05, 0) is 71.6 Å². The van der Waals surface area contributed by atoms with Crippen molar-refractivity contribution in [3.63, 3.8) is 0 Å². The van der Waals surface area contributed by atoms with E-state index in [2.05, 4.69) is 10.6 Å². The Labute approximate surface area is 338 Å². The minimum atomic E-state index is -0.870. The van der Waals surface area contributed by atoms with Crippen LogP contribution in [0.4, 0.5) is 0 Å². The maximum absolute atomic E-state index is 12.7. The second-order valence-corrected chi connectivity index (χ2v) is 16.6. The van der Waals surface area contributed by atoms with Gasteiger partial charge in [-0.1, -0.05) is 100 Å². The fraction of sp³-hybridized carbons (Fsp3) is 0.333. The van der Waals surface area contributed by atoms with Crippen LogP contribution in [0.5, 0.6) is 34.5 Å². The quantitative estimate of drug-likeness (QED) is 0.0663. The number of fused-ring (bicyclic) bond motifs is 2. The maximum atomic E-state index is 12.7. The van der Waals surface area contributed by atoms with Crippen LogP contribution in [0.1, 0.15) is 96.5 Å². The van der Waals surface area contributed by atoms with Crippen molar-refractivity contribution in [3.05, 3.63) is 117 Å². The van der Waals surface area contributed by atoms with E-state index in [4.69, 9.17) is 9.47 Å². The van der Waals surface area contributed by atoms with Crippen LogP contribution in [-0.2, 0) is 22.3 Å². The summed E-state index contributed by atoms with van der Waals surface area (Å²) in [6.45, 7) is 12.0. The lowest BCUT2D eigenvalue weighted by molar-refractivity contribution is 0.0991. The van der Waals surface area contributed by atoms with Crippen LogP contribution in [0.2, 0.25) is 0 Å². The Morgan fingerprint density at radius 1 is 0.534 bits per heavy atom. The lowest BCUT2D eigenvalue weighted by Gasteiger charge is -2.26. The molecule has 2 fully saturated rings. The van der Waals surface area contributed by atoms with Crippen molar-refractivity contribution in [2.75, 3.05) is 13.2 Å². The summed E-state index contributed by atoms with van der Waals surface area (Å²) >= 11 is 0. The van der Waals surface area contributed by atoms with Crippen molar-refractivity contribution >= 4 is 21.5 Å². The van der Waals surface area contributed by atoms with E-state index in [0.717, 1.165) is 11.1 Å². The summed E-state index contributed by atoms with van der Waals surface area (Å²) in [5, 5.41) is 80.5. The van der Waals surface area contributed by atoms with Gasteiger partial charge in [-0.15, -0.1) is 0 Å². The van der Waals surface area contributed by atoms with E-state index in [-0.39, 0.29) is 68.8 Å². The summed E-state index contributed by atoms with van der Waals surface area (Å²) < 4.78 is 12.5. The fourth-order valence-electron chi connectivity index (χ4n) is 9.29. The standard InChI is InChI=1S/C48H52N2O8/c1-23(2)33-31-17-25(5)35(41(51)37(31)39(45(55)43(33)53)47-49-29(21-57-47)19-27-13-9-7-10-14-27)36-26(6)18-32-34(24(3)4)44(54)46(56)40(38(32)42(36)52)48-50-30(22-58-48)20-28-15-11-8-12-16-28/h7-18,23-24,29-30,47-56H,19-22H2,1-6H3/t29-,30?,47?,48?/m0/s1. The van der Waals surface area contributed by atoms with Gasteiger partial charge < -0.3 is 40.1 Å². The molecular weight excluding hydrogens is 733 g/mol. The van der Waals surface area contributed by atoms with E-state index in [9.17, 15) is 30.6 Å². The van der Waals surface area contributed by atoms with E-state index in [1.54, 1.807) is 0 Å². The smallest absolute Gasteiger partial charge is 0.165 e. The van der Waals surface area contributed by atoms with Crippen LogP contribution in [0.15, 0.2) is 72.8 Å². The molecule has 0 amide bonds. The van der Waals surface area contributed by atoms with Gasteiger partial charge in [-0.3, -0.25) is 10.6 Å². The number of hydrogen-bond donors (Lipinski definition) is 8. The van der Waals surface area contributed by atoms with Gasteiger partial charge >= 0.3 is 0 Å². The van der Waals surface area contributed by atoms with Crippen molar-refractivity contribution in [1.29, 1.82) is 0 Å². The van der Waals surface area contributed by atoms with Crippen LogP contribution in [0, 0.1) is 13.8 Å². The predicted molar refractivity (Wildman–Crippen MR) is 226 cm³/mol. The lowest BCUT2D eigenvalue weighted by atomic mass is 9.82. The van der Waals surface area contributed by atoms with E-state index in [1.165, 1.54) is 0 Å². The van der Waals surface area contributed by atoms with Crippen LogP contribution in [-0.4, -0.2) is 55.9 Å². The molecule has 4 atom stereocenters. The molecule has 0 aliphatic carbocycles. The number of aromatic hydroxyl groups is 6. The van der Waals surface area contributed by atoms with Gasteiger partial charge in [0.2, 0.25) is 0 Å². The molecule has 2 heterocycles. The maximum Gasteiger partial charge on any atom is 0.165 e. The van der Waals surface area contributed by atoms with Gasteiger partial charge in [0.25, 0.3) is 0 Å². The number of ether oxygens (including phenoxy) is 2. The van der Waals surface area contributed by atoms with E-state index >= 15 is 0 Å². The molecule has 8 N–H and O–H groups in total. The SMILES string of the molecule is Cc1cc2c(C(C)C)c(O)c(O)c(C3NC(Cc4ccccc4)CO3)c2c(O)c1-c1c(C)cc2c(C(C)C)c(O)c(O)c(C3N[C@@H](Cc4ccccc4)CO3)c2c1O. The number of phenols is 6. The predicted octanol–water partition coefficient (Wildman–Crippen LogP) is 9.22. The molecule has 0 saturated carbocycles. The molecule has 0 aromatic heterocycles. The van der Waals surface area contributed by atoms with Crippen molar-refractivity contribution in [2.24, 2.45) is 0 Å². The molecule has 2 saturated heterocycles. The van der Waals surface area contributed by atoms with Crippen molar-refractivity contribution in [1.82, 2.24) is 10.6 Å². The minimum absolute atomic E-state index is 0.107. The Kier molecular flexibility index (Phi) is 10.4. The molecule has 0 bridgehead atoms. The summed E-state index contributed by atoms with van der Waals surface area (Å²) in [5.41, 5.74) is 5.41. The Bertz CT molecular complexity index is 2360. The topological polar surface area (TPSA) is 164 Å².